The summed E-state index contributed by atoms with van der Waals surface area (Å²) in [5.74, 6) is 1.80. The lowest BCUT2D eigenvalue weighted by Gasteiger charge is -2.26. The zero-order valence-corrected chi connectivity index (χ0v) is 28.5. The molecule has 0 unspecified atom stereocenters. The maximum Gasteiger partial charge on any atom is 0.203 e. The number of nitrogens with zero attached hydrogens (tertiary/aromatic N) is 1. The minimum absolute atomic E-state index is 0.0889. The van der Waals surface area contributed by atoms with Gasteiger partial charge in [0.25, 0.3) is 0 Å². The number of phenolic OH excluding ortho intramolecular Hbond substituents is 1. The molecule has 1 saturated heterocycles. The number of hydrogen-bond acceptors (Lipinski definition) is 8. The van der Waals surface area contributed by atoms with Crippen LogP contribution in [-0.2, 0) is 19.8 Å². The molecule has 0 aliphatic carbocycles. The van der Waals surface area contributed by atoms with Crippen molar-refractivity contribution in [2.45, 2.75) is 39.1 Å². The number of likely N-dealkylation sites (tertiary alicyclic amines) is 1. The topological polar surface area (TPSA) is 90.6 Å². The Labute approximate surface area is 297 Å². The Morgan fingerprint density at radius 2 is 1.18 bits per heavy atom. The van der Waals surface area contributed by atoms with Gasteiger partial charge in [-0.15, -0.1) is 0 Å². The number of benzene rings is 5. The average Bonchev–Trinajstić information content (AvgIpc) is 3.17. The molecule has 0 radical (unpaired) electrons. The Morgan fingerprint density at radius 3 is 1.75 bits per heavy atom. The van der Waals surface area contributed by atoms with E-state index in [0.29, 0.717) is 35.2 Å². The second kappa shape index (κ2) is 16.3. The number of phenols is 1. The van der Waals surface area contributed by atoms with Crippen LogP contribution in [0.4, 0.5) is 0 Å². The van der Waals surface area contributed by atoms with Crippen molar-refractivity contribution in [3.63, 3.8) is 0 Å². The van der Waals surface area contributed by atoms with Gasteiger partial charge in [0.2, 0.25) is 5.75 Å². The third kappa shape index (κ3) is 8.71. The van der Waals surface area contributed by atoms with Gasteiger partial charge in [0.05, 0.1) is 0 Å². The van der Waals surface area contributed by atoms with Crippen molar-refractivity contribution < 1.29 is 28.5 Å². The summed E-state index contributed by atoms with van der Waals surface area (Å²) in [7, 11) is 0. The van der Waals surface area contributed by atoms with Crippen LogP contribution in [-0.4, -0.2) is 36.2 Å². The van der Waals surface area contributed by atoms with E-state index in [2.05, 4.69) is 4.90 Å². The molecule has 2 heterocycles. The lowest BCUT2D eigenvalue weighted by Crippen LogP contribution is -2.33. The number of piperidine rings is 1. The molecule has 1 fully saturated rings. The first-order valence-corrected chi connectivity index (χ1v) is 17.4. The fourth-order valence-electron chi connectivity index (χ4n) is 6.22. The molecule has 0 atom stereocenters. The van der Waals surface area contributed by atoms with Crippen LogP contribution in [0.1, 0.15) is 36.0 Å². The SMILES string of the molecule is O=c1cc(-c2cc(OCc3ccccc3)c(OCc3ccccc3)c(OCc3ccccc3)c2)oc2cc(OCCN3CCCCC3)cc(O)c12. The minimum Gasteiger partial charge on any atom is -0.507 e. The van der Waals surface area contributed by atoms with Gasteiger partial charge in [0.1, 0.15) is 54.7 Å². The molecular formula is C43H41NO7. The van der Waals surface area contributed by atoms with Crippen LogP contribution in [0.15, 0.2) is 131 Å². The third-order valence-corrected chi connectivity index (χ3v) is 8.91. The van der Waals surface area contributed by atoms with Crippen LogP contribution in [0.2, 0.25) is 0 Å². The van der Waals surface area contributed by atoms with Crippen LogP contribution >= 0.6 is 0 Å². The number of fused-ring (bicyclic) bond motifs is 1. The predicted octanol–water partition coefficient (Wildman–Crippen LogP) is 8.77. The highest BCUT2D eigenvalue weighted by molar-refractivity contribution is 5.86. The fourth-order valence-corrected chi connectivity index (χ4v) is 6.22. The number of hydrogen-bond donors (Lipinski definition) is 1. The monoisotopic (exact) mass is 683 g/mol. The van der Waals surface area contributed by atoms with Gasteiger partial charge in [-0.25, -0.2) is 0 Å². The molecule has 260 valence electrons. The first kappa shape index (κ1) is 33.8. The first-order chi connectivity index (χ1) is 25.1. The summed E-state index contributed by atoms with van der Waals surface area (Å²) in [5.41, 5.74) is 3.32. The molecule has 1 aliphatic heterocycles. The molecule has 1 aliphatic rings. The quantitative estimate of drug-likeness (QED) is 0.122. The summed E-state index contributed by atoms with van der Waals surface area (Å²) in [4.78, 5) is 15.9. The lowest BCUT2D eigenvalue weighted by molar-refractivity contribution is 0.183. The van der Waals surface area contributed by atoms with E-state index in [4.69, 9.17) is 23.4 Å². The highest BCUT2D eigenvalue weighted by Crippen LogP contribution is 2.43. The van der Waals surface area contributed by atoms with Crippen LogP contribution in [0.5, 0.6) is 28.7 Å². The van der Waals surface area contributed by atoms with Crippen molar-refractivity contribution >= 4 is 11.0 Å². The first-order valence-electron chi connectivity index (χ1n) is 17.4. The normalized spacial score (nSPS) is 13.2. The maximum atomic E-state index is 13.5. The molecule has 0 saturated carbocycles. The molecule has 0 spiro atoms. The van der Waals surface area contributed by atoms with E-state index in [9.17, 15) is 9.90 Å². The molecule has 6 aromatic rings. The Bertz CT molecular complexity index is 2030. The maximum absolute atomic E-state index is 13.5. The molecule has 1 N–H and O–H groups in total. The van der Waals surface area contributed by atoms with Crippen LogP contribution in [0.3, 0.4) is 0 Å². The van der Waals surface area contributed by atoms with Gasteiger partial charge >= 0.3 is 0 Å². The summed E-state index contributed by atoms with van der Waals surface area (Å²) in [6.45, 7) is 4.22. The molecule has 7 rings (SSSR count). The van der Waals surface area contributed by atoms with Gasteiger partial charge in [-0.1, -0.05) is 97.4 Å². The summed E-state index contributed by atoms with van der Waals surface area (Å²) in [6, 6.07) is 37.7. The highest BCUT2D eigenvalue weighted by atomic mass is 16.5. The number of rotatable bonds is 14. The Hall–Kier alpha value is -5.73. The van der Waals surface area contributed by atoms with Gasteiger partial charge in [-0.05, 0) is 54.8 Å². The van der Waals surface area contributed by atoms with E-state index in [0.717, 1.165) is 36.3 Å². The van der Waals surface area contributed by atoms with Crippen molar-refractivity contribution in [3.8, 4) is 40.1 Å². The molecule has 8 nitrogen and oxygen atoms in total. The van der Waals surface area contributed by atoms with Crippen molar-refractivity contribution in [2.24, 2.45) is 0 Å². The van der Waals surface area contributed by atoms with Crippen LogP contribution < -0.4 is 24.4 Å². The molecule has 0 bridgehead atoms. The summed E-state index contributed by atoms with van der Waals surface area (Å²) in [6.07, 6.45) is 3.66. The Kier molecular flexibility index (Phi) is 10.8. The molecule has 51 heavy (non-hydrogen) atoms. The fraction of sp³-hybridized carbons (Fsp3) is 0.233. The second-order valence-corrected chi connectivity index (χ2v) is 12.7. The van der Waals surface area contributed by atoms with Crippen molar-refractivity contribution in [1.82, 2.24) is 4.90 Å². The van der Waals surface area contributed by atoms with E-state index >= 15 is 0 Å². The number of aromatic hydroxyl groups is 1. The third-order valence-electron chi connectivity index (χ3n) is 8.91. The minimum atomic E-state index is -0.383. The van der Waals surface area contributed by atoms with Crippen molar-refractivity contribution in [3.05, 3.63) is 148 Å². The van der Waals surface area contributed by atoms with Gasteiger partial charge in [0, 0.05) is 30.3 Å². The summed E-state index contributed by atoms with van der Waals surface area (Å²) in [5, 5.41) is 11.0. The van der Waals surface area contributed by atoms with E-state index in [1.54, 1.807) is 18.2 Å². The Balaban J connectivity index is 1.25. The van der Waals surface area contributed by atoms with Gasteiger partial charge in [-0.3, -0.25) is 9.69 Å². The lowest BCUT2D eigenvalue weighted by atomic mass is 10.1. The van der Waals surface area contributed by atoms with E-state index in [-0.39, 0.29) is 47.7 Å². The molecule has 8 heteroatoms. The zero-order chi connectivity index (χ0) is 34.8. The standard InChI is InChI=1S/C43H41NO7/c45-36-25-35(47-22-21-44-19-11-4-12-20-44)26-39-42(36)37(46)27-38(51-39)34-23-40(48-28-31-13-5-1-6-14-31)43(50-30-33-17-9-3-10-18-33)41(24-34)49-29-32-15-7-2-8-16-32/h1-3,5-10,13-18,23-27,45H,4,11-12,19-22,28-30H2. The van der Waals surface area contributed by atoms with Crippen LogP contribution in [0.25, 0.3) is 22.3 Å². The van der Waals surface area contributed by atoms with Gasteiger partial charge in [-0.2, -0.15) is 0 Å². The average molecular weight is 684 g/mol. The van der Waals surface area contributed by atoms with Gasteiger partial charge in [0.15, 0.2) is 16.9 Å². The van der Waals surface area contributed by atoms with Gasteiger partial charge < -0.3 is 28.5 Å². The smallest absolute Gasteiger partial charge is 0.203 e. The van der Waals surface area contributed by atoms with Crippen LogP contribution in [0, 0.1) is 0 Å². The molecule has 5 aromatic carbocycles. The van der Waals surface area contributed by atoms with Crippen molar-refractivity contribution in [2.75, 3.05) is 26.2 Å². The molecule has 0 amide bonds. The highest BCUT2D eigenvalue weighted by Gasteiger charge is 2.21. The van der Waals surface area contributed by atoms with E-state index in [1.807, 2.05) is 91.0 Å². The summed E-state index contributed by atoms with van der Waals surface area (Å²) < 4.78 is 31.7. The second-order valence-electron chi connectivity index (χ2n) is 12.7. The summed E-state index contributed by atoms with van der Waals surface area (Å²) >= 11 is 0. The zero-order valence-electron chi connectivity index (χ0n) is 28.5. The van der Waals surface area contributed by atoms with Crippen molar-refractivity contribution in [1.29, 1.82) is 0 Å². The van der Waals surface area contributed by atoms with E-state index in [1.165, 1.54) is 31.4 Å². The van der Waals surface area contributed by atoms with E-state index < -0.39 is 0 Å². The molecular weight excluding hydrogens is 642 g/mol. The predicted molar refractivity (Wildman–Crippen MR) is 198 cm³/mol. The number of ether oxygens (including phenoxy) is 4. The largest absolute Gasteiger partial charge is 0.507 e. The Morgan fingerprint density at radius 1 is 0.627 bits per heavy atom. The molecule has 1 aromatic heterocycles.